The Morgan fingerprint density at radius 3 is 2.42 bits per heavy atom. The van der Waals surface area contributed by atoms with Crippen molar-refractivity contribution in [3.05, 3.63) is 58.7 Å². The summed E-state index contributed by atoms with van der Waals surface area (Å²) >= 11 is 0. The molecule has 0 aliphatic carbocycles. The molecule has 7 nitrogen and oxygen atoms in total. The van der Waals surface area contributed by atoms with Crippen LogP contribution in [0.5, 0.6) is 0 Å². The molecule has 2 amide bonds. The van der Waals surface area contributed by atoms with E-state index in [4.69, 9.17) is 4.74 Å². The fourth-order valence-electron chi connectivity index (χ4n) is 3.36. The first kappa shape index (κ1) is 22.5. The van der Waals surface area contributed by atoms with Crippen LogP contribution in [0, 0.1) is 20.8 Å². The Labute approximate surface area is 183 Å². The van der Waals surface area contributed by atoms with Crippen molar-refractivity contribution < 1.29 is 14.3 Å². The van der Waals surface area contributed by atoms with Crippen LogP contribution in [0.1, 0.15) is 46.8 Å². The number of nitrogens with one attached hydrogen (secondary N) is 3. The molecule has 1 heterocycles. The molecule has 0 bridgehead atoms. The summed E-state index contributed by atoms with van der Waals surface area (Å²) in [5.41, 5.74) is 4.97. The Kier molecular flexibility index (Phi) is 7.41. The molecule has 3 rings (SSSR count). The van der Waals surface area contributed by atoms with Gasteiger partial charge in [0, 0.05) is 30.5 Å². The number of nitrogens with zero attached hydrogens (tertiary/aromatic N) is 1. The van der Waals surface area contributed by atoms with E-state index in [9.17, 15) is 9.59 Å². The number of hydrogen-bond acceptors (Lipinski definition) is 4. The van der Waals surface area contributed by atoms with Crippen LogP contribution in [0.2, 0.25) is 0 Å². The number of guanidine groups is 1. The van der Waals surface area contributed by atoms with E-state index in [1.165, 1.54) is 6.92 Å². The highest BCUT2D eigenvalue weighted by Crippen LogP contribution is 2.19. The van der Waals surface area contributed by atoms with Gasteiger partial charge < -0.3 is 15.4 Å². The molecule has 2 aromatic rings. The zero-order chi connectivity index (χ0) is 22.4. The lowest BCUT2D eigenvalue weighted by Crippen LogP contribution is -2.37. The van der Waals surface area contributed by atoms with E-state index in [2.05, 4.69) is 20.9 Å². The van der Waals surface area contributed by atoms with Crippen LogP contribution in [0.3, 0.4) is 0 Å². The van der Waals surface area contributed by atoms with Crippen LogP contribution in [-0.4, -0.2) is 37.0 Å². The Balaban J connectivity index is 1.81. The summed E-state index contributed by atoms with van der Waals surface area (Å²) in [6, 6.07) is 11.3. The molecule has 3 N–H and O–H groups in total. The maximum absolute atomic E-state index is 13.0. The smallest absolute Gasteiger partial charge is 0.258 e. The predicted octanol–water partition coefficient (Wildman–Crippen LogP) is 3.95. The number of carbonyl (C=O) groups is 2. The zero-order valence-electron chi connectivity index (χ0n) is 18.5. The molecule has 1 saturated heterocycles. The molecular formula is C24H30N4O3. The fraction of sp³-hybridized carbons (Fsp3) is 0.375. The molecule has 0 saturated carbocycles. The second kappa shape index (κ2) is 10.2. The Morgan fingerprint density at radius 1 is 1.03 bits per heavy atom. The highest BCUT2D eigenvalue weighted by Gasteiger charge is 2.17. The number of rotatable bonds is 5. The van der Waals surface area contributed by atoms with Crippen molar-refractivity contribution in [2.45, 2.75) is 46.6 Å². The maximum atomic E-state index is 13.0. The van der Waals surface area contributed by atoms with Crippen molar-refractivity contribution in [3.63, 3.8) is 0 Å². The van der Waals surface area contributed by atoms with Crippen LogP contribution in [0.4, 0.5) is 11.4 Å². The second-order valence-corrected chi connectivity index (χ2v) is 7.93. The predicted molar refractivity (Wildman–Crippen MR) is 124 cm³/mol. The van der Waals surface area contributed by atoms with Gasteiger partial charge in [0.05, 0.1) is 12.6 Å². The van der Waals surface area contributed by atoms with Crippen LogP contribution in [0.25, 0.3) is 0 Å². The monoisotopic (exact) mass is 422 g/mol. The van der Waals surface area contributed by atoms with Crippen molar-refractivity contribution in [2.75, 3.05) is 23.8 Å². The molecule has 31 heavy (non-hydrogen) atoms. The average molecular weight is 423 g/mol. The Bertz CT molecular complexity index is 994. The minimum absolute atomic E-state index is 0.0676. The minimum atomic E-state index is -0.310. The van der Waals surface area contributed by atoms with Crippen LogP contribution >= 0.6 is 0 Å². The average Bonchev–Trinajstić information content (AvgIpc) is 3.24. The summed E-state index contributed by atoms with van der Waals surface area (Å²) in [6.07, 6.45) is 2.06. The lowest BCUT2D eigenvalue weighted by Gasteiger charge is -2.16. The van der Waals surface area contributed by atoms with Gasteiger partial charge in [-0.05, 0) is 68.5 Å². The molecule has 7 heteroatoms. The fourth-order valence-corrected chi connectivity index (χ4v) is 3.36. The highest BCUT2D eigenvalue weighted by molar-refractivity contribution is 6.10. The number of carbonyl (C=O) groups excluding carboxylic acids is 2. The third-order valence-electron chi connectivity index (χ3n) is 5.17. The Morgan fingerprint density at radius 2 is 1.74 bits per heavy atom. The number of anilines is 2. The van der Waals surface area contributed by atoms with Crippen LogP contribution in [0.15, 0.2) is 41.4 Å². The number of benzene rings is 2. The van der Waals surface area contributed by atoms with Gasteiger partial charge in [-0.3, -0.25) is 14.9 Å². The molecule has 0 aromatic heterocycles. The van der Waals surface area contributed by atoms with Gasteiger partial charge in [-0.25, -0.2) is 4.99 Å². The summed E-state index contributed by atoms with van der Waals surface area (Å²) < 4.78 is 5.66. The van der Waals surface area contributed by atoms with Crippen LogP contribution < -0.4 is 16.0 Å². The molecule has 0 spiro atoms. The minimum Gasteiger partial charge on any atom is -0.376 e. The second-order valence-electron chi connectivity index (χ2n) is 7.93. The van der Waals surface area contributed by atoms with Gasteiger partial charge in [-0.15, -0.1) is 0 Å². The van der Waals surface area contributed by atoms with Gasteiger partial charge in [-0.2, -0.15) is 0 Å². The SMILES string of the molecule is CC(=O)Nc1cc(C(=O)NC(=NC[C@H]2CCCO2)Nc2cc(C)ccc2C)ccc1C. The molecule has 1 aliphatic rings. The highest BCUT2D eigenvalue weighted by atomic mass is 16.5. The van der Waals surface area contributed by atoms with E-state index >= 15 is 0 Å². The quantitative estimate of drug-likeness (QED) is 0.503. The zero-order valence-corrected chi connectivity index (χ0v) is 18.5. The van der Waals surface area contributed by atoms with Crippen LogP contribution in [-0.2, 0) is 9.53 Å². The normalized spacial score (nSPS) is 16.1. The van der Waals surface area contributed by atoms with Gasteiger partial charge in [0.25, 0.3) is 5.91 Å². The van der Waals surface area contributed by atoms with Crippen molar-refractivity contribution in [2.24, 2.45) is 4.99 Å². The number of amides is 2. The Hall–Kier alpha value is -3.19. The topological polar surface area (TPSA) is 91.8 Å². The lowest BCUT2D eigenvalue weighted by atomic mass is 10.1. The van der Waals surface area contributed by atoms with E-state index < -0.39 is 0 Å². The lowest BCUT2D eigenvalue weighted by molar-refractivity contribution is -0.114. The first-order valence-electron chi connectivity index (χ1n) is 10.5. The maximum Gasteiger partial charge on any atom is 0.258 e. The summed E-state index contributed by atoms with van der Waals surface area (Å²) in [7, 11) is 0. The molecule has 1 aliphatic heterocycles. The van der Waals surface area contributed by atoms with Crippen molar-refractivity contribution >= 4 is 29.1 Å². The summed E-state index contributed by atoms with van der Waals surface area (Å²) in [5.74, 6) is -0.123. The van der Waals surface area contributed by atoms with Gasteiger partial charge >= 0.3 is 0 Å². The third-order valence-corrected chi connectivity index (χ3v) is 5.17. The van der Waals surface area contributed by atoms with E-state index in [1.807, 2.05) is 45.0 Å². The van der Waals surface area contributed by atoms with E-state index in [-0.39, 0.29) is 17.9 Å². The van der Waals surface area contributed by atoms with E-state index in [0.29, 0.717) is 23.8 Å². The summed E-state index contributed by atoms with van der Waals surface area (Å²) in [4.78, 5) is 29.0. The van der Waals surface area contributed by atoms with E-state index in [1.54, 1.807) is 12.1 Å². The van der Waals surface area contributed by atoms with Gasteiger partial charge in [0.15, 0.2) is 0 Å². The number of ether oxygens (including phenoxy) is 1. The van der Waals surface area contributed by atoms with Crippen molar-refractivity contribution in [1.82, 2.24) is 5.32 Å². The first-order valence-corrected chi connectivity index (χ1v) is 10.5. The third kappa shape index (κ3) is 6.39. The molecule has 0 unspecified atom stereocenters. The van der Waals surface area contributed by atoms with Crippen molar-refractivity contribution in [3.8, 4) is 0 Å². The standard InChI is InChI=1S/C24H30N4O3/c1-15-7-8-16(2)21(12-15)27-24(25-14-20-6-5-11-31-20)28-23(30)19-10-9-17(3)22(13-19)26-18(4)29/h7-10,12-13,20H,5-6,11,14H2,1-4H3,(H,26,29)(H2,25,27,28,30)/t20-/m1/s1. The summed E-state index contributed by atoms with van der Waals surface area (Å²) in [6.45, 7) is 8.56. The van der Waals surface area contributed by atoms with Gasteiger partial charge in [0.1, 0.15) is 0 Å². The number of aryl methyl sites for hydroxylation is 3. The molecular weight excluding hydrogens is 392 g/mol. The molecule has 1 fully saturated rings. The molecule has 2 aromatic carbocycles. The van der Waals surface area contributed by atoms with E-state index in [0.717, 1.165) is 41.8 Å². The van der Waals surface area contributed by atoms with Crippen molar-refractivity contribution in [1.29, 1.82) is 0 Å². The van der Waals surface area contributed by atoms with Gasteiger partial charge in [0.2, 0.25) is 11.9 Å². The molecule has 0 radical (unpaired) electrons. The molecule has 1 atom stereocenters. The first-order chi connectivity index (χ1) is 14.8. The largest absolute Gasteiger partial charge is 0.376 e. The van der Waals surface area contributed by atoms with Gasteiger partial charge in [-0.1, -0.05) is 18.2 Å². The number of hydrogen-bond donors (Lipinski definition) is 3. The number of aliphatic imine (C=N–C) groups is 1. The molecule has 164 valence electrons. The summed E-state index contributed by atoms with van der Waals surface area (Å²) in [5, 5.41) is 8.90.